The van der Waals surface area contributed by atoms with Crippen LogP contribution in [0.5, 0.6) is 5.75 Å². The predicted octanol–water partition coefficient (Wildman–Crippen LogP) is 4.86. The molecule has 7 heteroatoms. The summed E-state index contributed by atoms with van der Waals surface area (Å²) in [6.07, 6.45) is 0. The number of H-pyrrole nitrogens is 1. The van der Waals surface area contributed by atoms with Crippen LogP contribution in [0.15, 0.2) is 64.3 Å². The van der Waals surface area contributed by atoms with Crippen molar-refractivity contribution >= 4 is 35.0 Å². The molecule has 1 aromatic heterocycles. The van der Waals surface area contributed by atoms with E-state index < -0.39 is 0 Å². The van der Waals surface area contributed by atoms with Crippen molar-refractivity contribution in [2.45, 2.75) is 17.6 Å². The first-order chi connectivity index (χ1) is 12.6. The van der Waals surface area contributed by atoms with Gasteiger partial charge in [-0.25, -0.2) is 4.98 Å². The van der Waals surface area contributed by atoms with E-state index in [2.05, 4.69) is 15.3 Å². The van der Waals surface area contributed by atoms with Crippen molar-refractivity contribution in [2.75, 3.05) is 11.9 Å². The molecule has 3 aromatic rings. The molecule has 0 saturated carbocycles. The average Bonchev–Trinajstić information content (AvgIpc) is 2.63. The number of aromatic nitrogens is 2. The Morgan fingerprint density at radius 2 is 1.88 bits per heavy atom. The van der Waals surface area contributed by atoms with Crippen molar-refractivity contribution in [1.29, 1.82) is 0 Å². The highest BCUT2D eigenvalue weighted by Gasteiger charge is 2.04. The van der Waals surface area contributed by atoms with Crippen molar-refractivity contribution in [3.05, 3.63) is 75.7 Å². The van der Waals surface area contributed by atoms with Crippen molar-refractivity contribution in [2.24, 2.45) is 0 Å². The maximum Gasteiger partial charge on any atom is 0.252 e. The highest BCUT2D eigenvalue weighted by molar-refractivity contribution is 7.98. The second-order valence-corrected chi connectivity index (χ2v) is 6.90. The third kappa shape index (κ3) is 5.28. The number of rotatable bonds is 7. The maximum atomic E-state index is 11.9. The lowest BCUT2D eigenvalue weighted by atomic mass is 10.3. The molecule has 0 saturated heterocycles. The van der Waals surface area contributed by atoms with E-state index in [1.165, 1.54) is 6.07 Å². The normalized spacial score (nSPS) is 10.5. The summed E-state index contributed by atoms with van der Waals surface area (Å²) < 4.78 is 5.42. The largest absolute Gasteiger partial charge is 0.494 e. The lowest BCUT2D eigenvalue weighted by Crippen LogP contribution is -2.11. The van der Waals surface area contributed by atoms with Crippen molar-refractivity contribution in [1.82, 2.24) is 9.97 Å². The molecular weight excluding hydrogens is 370 g/mol. The van der Waals surface area contributed by atoms with E-state index in [4.69, 9.17) is 16.3 Å². The summed E-state index contributed by atoms with van der Waals surface area (Å²) in [5.74, 6) is 1.80. The first-order valence-corrected chi connectivity index (χ1v) is 9.47. The zero-order chi connectivity index (χ0) is 18.4. The molecule has 1 heterocycles. The first kappa shape index (κ1) is 18.4. The zero-order valence-corrected chi connectivity index (χ0v) is 15.7. The molecule has 0 radical (unpaired) electrons. The first-order valence-electron chi connectivity index (χ1n) is 8.11. The van der Waals surface area contributed by atoms with E-state index in [9.17, 15) is 4.79 Å². The summed E-state index contributed by atoms with van der Waals surface area (Å²) in [6, 6.07) is 16.6. The standard InChI is InChI=1S/C19H18ClN3O2S/c1-2-25-16-7-5-14(6-8-16)21-19-22-15(11-18(24)23-19)12-26-17-9-3-13(20)4-10-17/h3-11H,2,12H2,1H3,(H2,21,22,23,24). The Morgan fingerprint density at radius 3 is 2.58 bits per heavy atom. The molecule has 0 amide bonds. The Bertz CT molecular complexity index is 911. The van der Waals surface area contributed by atoms with Crippen molar-refractivity contribution in [3.63, 3.8) is 0 Å². The zero-order valence-electron chi connectivity index (χ0n) is 14.2. The Balaban J connectivity index is 1.68. The quantitative estimate of drug-likeness (QED) is 0.567. The Labute approximate surface area is 160 Å². The molecule has 2 aromatic carbocycles. The number of benzene rings is 2. The van der Waals surface area contributed by atoms with E-state index in [1.807, 2.05) is 55.5 Å². The molecule has 3 rings (SSSR count). The molecule has 0 bridgehead atoms. The van der Waals surface area contributed by atoms with Gasteiger partial charge in [0.25, 0.3) is 5.56 Å². The van der Waals surface area contributed by atoms with Gasteiger partial charge in [0.05, 0.1) is 12.3 Å². The van der Waals surface area contributed by atoms with Crippen LogP contribution >= 0.6 is 23.4 Å². The van der Waals surface area contributed by atoms with Gasteiger partial charge in [-0.3, -0.25) is 9.78 Å². The second-order valence-electron chi connectivity index (χ2n) is 5.41. The minimum Gasteiger partial charge on any atom is -0.494 e. The van der Waals surface area contributed by atoms with E-state index in [-0.39, 0.29) is 5.56 Å². The van der Waals surface area contributed by atoms with Gasteiger partial charge < -0.3 is 10.1 Å². The summed E-state index contributed by atoms with van der Waals surface area (Å²) in [5.41, 5.74) is 1.32. The monoisotopic (exact) mass is 387 g/mol. The molecule has 2 N–H and O–H groups in total. The van der Waals surface area contributed by atoms with Crippen molar-refractivity contribution < 1.29 is 4.74 Å². The molecule has 0 unspecified atom stereocenters. The average molecular weight is 388 g/mol. The number of nitrogens with one attached hydrogen (secondary N) is 2. The summed E-state index contributed by atoms with van der Waals surface area (Å²) in [4.78, 5) is 20.2. The third-order valence-corrected chi connectivity index (χ3v) is 4.72. The molecule has 0 aliphatic heterocycles. The summed E-state index contributed by atoms with van der Waals surface area (Å²) in [5, 5.41) is 3.81. The van der Waals surface area contributed by atoms with Crippen LogP contribution in [-0.2, 0) is 5.75 Å². The summed E-state index contributed by atoms with van der Waals surface area (Å²) in [7, 11) is 0. The number of thioether (sulfide) groups is 1. The SMILES string of the molecule is CCOc1ccc(Nc2nc(CSc3ccc(Cl)cc3)cc(=O)[nH]2)cc1. The van der Waals surface area contributed by atoms with Gasteiger partial charge in [-0.05, 0) is 55.5 Å². The van der Waals surface area contributed by atoms with Crippen LogP contribution in [0.4, 0.5) is 11.6 Å². The van der Waals surface area contributed by atoms with Gasteiger partial charge in [0.1, 0.15) is 5.75 Å². The Hall–Kier alpha value is -2.44. The van der Waals surface area contributed by atoms with Crippen LogP contribution in [0.3, 0.4) is 0 Å². The number of ether oxygens (including phenoxy) is 1. The van der Waals surface area contributed by atoms with Gasteiger partial charge in [0, 0.05) is 27.4 Å². The number of aromatic amines is 1. The highest BCUT2D eigenvalue weighted by Crippen LogP contribution is 2.24. The summed E-state index contributed by atoms with van der Waals surface area (Å²) in [6.45, 7) is 2.56. The fourth-order valence-corrected chi connectivity index (χ4v) is 3.18. The fraction of sp³-hybridized carbons (Fsp3) is 0.158. The van der Waals surface area contributed by atoms with Gasteiger partial charge in [0.15, 0.2) is 0 Å². The molecule has 0 fully saturated rings. The third-order valence-electron chi connectivity index (χ3n) is 3.42. The number of hydrogen-bond donors (Lipinski definition) is 2. The van der Waals surface area contributed by atoms with Crippen LogP contribution in [0.1, 0.15) is 12.6 Å². The lowest BCUT2D eigenvalue weighted by molar-refractivity contribution is 0.340. The van der Waals surface area contributed by atoms with Gasteiger partial charge in [-0.15, -0.1) is 11.8 Å². The van der Waals surface area contributed by atoms with Gasteiger partial charge in [-0.2, -0.15) is 0 Å². The lowest BCUT2D eigenvalue weighted by Gasteiger charge is -2.08. The van der Waals surface area contributed by atoms with Crippen LogP contribution in [-0.4, -0.2) is 16.6 Å². The van der Waals surface area contributed by atoms with Crippen LogP contribution < -0.4 is 15.6 Å². The van der Waals surface area contributed by atoms with Gasteiger partial charge in [0.2, 0.25) is 5.95 Å². The van der Waals surface area contributed by atoms with Gasteiger partial charge >= 0.3 is 0 Å². The van der Waals surface area contributed by atoms with E-state index in [0.29, 0.717) is 29.0 Å². The molecule has 0 atom stereocenters. The molecule has 0 spiro atoms. The highest BCUT2D eigenvalue weighted by atomic mass is 35.5. The number of halogens is 1. The predicted molar refractivity (Wildman–Crippen MR) is 107 cm³/mol. The topological polar surface area (TPSA) is 67.0 Å². The smallest absolute Gasteiger partial charge is 0.252 e. The minimum absolute atomic E-state index is 0.194. The molecule has 26 heavy (non-hydrogen) atoms. The molecule has 5 nitrogen and oxygen atoms in total. The molecule has 0 aliphatic carbocycles. The molecule has 134 valence electrons. The van der Waals surface area contributed by atoms with E-state index in [1.54, 1.807) is 11.8 Å². The summed E-state index contributed by atoms with van der Waals surface area (Å²) >= 11 is 7.49. The molecular formula is C19H18ClN3O2S. The second kappa shape index (κ2) is 8.78. The van der Waals surface area contributed by atoms with E-state index in [0.717, 1.165) is 16.3 Å². The van der Waals surface area contributed by atoms with Gasteiger partial charge in [-0.1, -0.05) is 11.6 Å². The van der Waals surface area contributed by atoms with Crippen molar-refractivity contribution in [3.8, 4) is 5.75 Å². The van der Waals surface area contributed by atoms with Crippen LogP contribution in [0.2, 0.25) is 5.02 Å². The van der Waals surface area contributed by atoms with E-state index >= 15 is 0 Å². The van der Waals surface area contributed by atoms with Crippen LogP contribution in [0.25, 0.3) is 0 Å². The Morgan fingerprint density at radius 1 is 1.15 bits per heavy atom. The minimum atomic E-state index is -0.194. The Kier molecular flexibility index (Phi) is 6.20. The number of nitrogens with zero attached hydrogens (tertiary/aromatic N) is 1. The molecule has 0 aliphatic rings. The maximum absolute atomic E-state index is 11.9. The van der Waals surface area contributed by atoms with Crippen LogP contribution in [0, 0.1) is 0 Å². The number of hydrogen-bond acceptors (Lipinski definition) is 5. The fourth-order valence-electron chi connectivity index (χ4n) is 2.27. The number of anilines is 2.